The van der Waals surface area contributed by atoms with Gasteiger partial charge in [0, 0.05) is 12.4 Å². The number of nitrogens with zero attached hydrogens (tertiary/aromatic N) is 3. The topological polar surface area (TPSA) is 50.4 Å². The first-order valence-electron chi connectivity index (χ1n) is 3.28. The number of aliphatic hydroxyl groups is 1. The van der Waals surface area contributed by atoms with Crippen LogP contribution >= 0.6 is 0 Å². The zero-order valence-corrected chi connectivity index (χ0v) is 5.81. The lowest BCUT2D eigenvalue weighted by Gasteiger charge is -1.85. The van der Waals surface area contributed by atoms with Crippen LogP contribution in [0.25, 0.3) is 5.65 Å². The Kier molecular flexibility index (Phi) is 1.33. The van der Waals surface area contributed by atoms with E-state index in [-0.39, 0.29) is 6.61 Å². The summed E-state index contributed by atoms with van der Waals surface area (Å²) in [6, 6.07) is 1.79. The molecule has 0 spiro atoms. The molecule has 0 saturated heterocycles. The van der Waals surface area contributed by atoms with E-state index < -0.39 is 0 Å². The van der Waals surface area contributed by atoms with Gasteiger partial charge in [0.2, 0.25) is 0 Å². The van der Waals surface area contributed by atoms with Gasteiger partial charge in [0.25, 0.3) is 0 Å². The van der Waals surface area contributed by atoms with Crippen molar-refractivity contribution >= 4 is 5.65 Å². The summed E-state index contributed by atoms with van der Waals surface area (Å²) in [5.74, 6) is 0. The molecule has 11 heavy (non-hydrogen) atoms. The third kappa shape index (κ3) is 0.969. The predicted molar refractivity (Wildman–Crippen MR) is 38.9 cm³/mol. The Labute approximate surface area is 63.1 Å². The highest BCUT2D eigenvalue weighted by molar-refractivity contribution is 5.37. The first kappa shape index (κ1) is 6.30. The van der Waals surface area contributed by atoms with Gasteiger partial charge in [-0.3, -0.25) is 4.40 Å². The average molecular weight is 149 g/mol. The maximum absolute atomic E-state index is 8.74. The molecule has 0 bridgehead atoms. The molecule has 2 rings (SSSR count). The average Bonchev–Trinajstić information content (AvgIpc) is 2.46. The van der Waals surface area contributed by atoms with Gasteiger partial charge in [0.1, 0.15) is 12.0 Å². The number of hydrogen-bond acceptors (Lipinski definition) is 3. The van der Waals surface area contributed by atoms with E-state index in [4.69, 9.17) is 5.11 Å². The molecule has 0 saturated carbocycles. The molecule has 0 aromatic carbocycles. The van der Waals surface area contributed by atoms with Crippen molar-refractivity contribution in [3.05, 3.63) is 30.5 Å². The molecule has 0 fully saturated rings. The Hall–Kier alpha value is -1.42. The molecule has 4 nitrogen and oxygen atoms in total. The third-order valence-corrected chi connectivity index (χ3v) is 1.47. The number of aromatic nitrogens is 3. The van der Waals surface area contributed by atoms with Crippen LogP contribution in [0.5, 0.6) is 0 Å². The van der Waals surface area contributed by atoms with Gasteiger partial charge in [-0.25, -0.2) is 9.97 Å². The minimum atomic E-state index is -0.0261. The zero-order valence-electron chi connectivity index (χ0n) is 5.81. The standard InChI is InChI=1S/C7H7N3O/c11-4-6-3-10-5-8-2-1-7(10)9-6/h1-3,5,11H,4H2. The Morgan fingerprint density at radius 2 is 2.45 bits per heavy atom. The van der Waals surface area contributed by atoms with Crippen LogP contribution in [0.1, 0.15) is 5.69 Å². The van der Waals surface area contributed by atoms with Crippen LogP contribution in [-0.4, -0.2) is 19.5 Å². The normalized spacial score (nSPS) is 10.6. The van der Waals surface area contributed by atoms with Crippen molar-refractivity contribution in [2.45, 2.75) is 6.61 Å². The molecule has 2 heterocycles. The highest BCUT2D eigenvalue weighted by Gasteiger charge is 1.97. The summed E-state index contributed by atoms with van der Waals surface area (Å²) in [6.45, 7) is -0.0261. The van der Waals surface area contributed by atoms with Crippen LogP contribution in [0, 0.1) is 0 Å². The first-order valence-corrected chi connectivity index (χ1v) is 3.28. The highest BCUT2D eigenvalue weighted by atomic mass is 16.3. The molecule has 0 aliphatic carbocycles. The lowest BCUT2D eigenvalue weighted by molar-refractivity contribution is 0.277. The number of imidazole rings is 1. The fraction of sp³-hybridized carbons (Fsp3) is 0.143. The highest BCUT2D eigenvalue weighted by Crippen LogP contribution is 2.01. The number of rotatable bonds is 1. The molecule has 0 unspecified atom stereocenters. The Bertz CT molecular complexity index is 335. The second kappa shape index (κ2) is 2.32. The largest absolute Gasteiger partial charge is 0.390 e. The summed E-state index contributed by atoms with van der Waals surface area (Å²) in [5, 5.41) is 8.74. The van der Waals surface area contributed by atoms with E-state index >= 15 is 0 Å². The van der Waals surface area contributed by atoms with Crippen LogP contribution in [0.4, 0.5) is 0 Å². The van der Waals surface area contributed by atoms with E-state index in [0.717, 1.165) is 5.65 Å². The molecule has 0 amide bonds. The smallest absolute Gasteiger partial charge is 0.139 e. The summed E-state index contributed by atoms with van der Waals surface area (Å²) in [6.07, 6.45) is 5.08. The van der Waals surface area contributed by atoms with E-state index in [2.05, 4.69) is 9.97 Å². The maximum Gasteiger partial charge on any atom is 0.139 e. The van der Waals surface area contributed by atoms with Gasteiger partial charge >= 0.3 is 0 Å². The second-order valence-corrected chi connectivity index (χ2v) is 2.24. The van der Waals surface area contributed by atoms with Crippen molar-refractivity contribution in [2.24, 2.45) is 0 Å². The van der Waals surface area contributed by atoms with E-state index in [9.17, 15) is 0 Å². The first-order chi connectivity index (χ1) is 5.40. The van der Waals surface area contributed by atoms with Crippen molar-refractivity contribution in [2.75, 3.05) is 0 Å². The van der Waals surface area contributed by atoms with Crippen molar-refractivity contribution < 1.29 is 5.11 Å². The summed E-state index contributed by atoms with van der Waals surface area (Å²) in [7, 11) is 0. The number of aliphatic hydroxyl groups excluding tert-OH is 1. The molecular weight excluding hydrogens is 142 g/mol. The minimum Gasteiger partial charge on any atom is -0.390 e. The second-order valence-electron chi connectivity index (χ2n) is 2.24. The van der Waals surface area contributed by atoms with Crippen LogP contribution < -0.4 is 0 Å². The molecule has 0 radical (unpaired) electrons. The fourth-order valence-electron chi connectivity index (χ4n) is 0.972. The van der Waals surface area contributed by atoms with Crippen molar-refractivity contribution in [1.82, 2.24) is 14.4 Å². The van der Waals surface area contributed by atoms with Crippen LogP contribution in [0.15, 0.2) is 24.8 Å². The molecule has 0 atom stereocenters. The summed E-state index contributed by atoms with van der Waals surface area (Å²) in [4.78, 5) is 8.01. The summed E-state index contributed by atoms with van der Waals surface area (Å²) in [5.41, 5.74) is 1.47. The molecular formula is C7H7N3O. The summed E-state index contributed by atoms with van der Waals surface area (Å²) >= 11 is 0. The van der Waals surface area contributed by atoms with Gasteiger partial charge in [-0.1, -0.05) is 0 Å². The van der Waals surface area contributed by atoms with Crippen molar-refractivity contribution in [1.29, 1.82) is 0 Å². The van der Waals surface area contributed by atoms with Crippen LogP contribution in [-0.2, 0) is 6.61 Å². The summed E-state index contributed by atoms with van der Waals surface area (Å²) < 4.78 is 1.77. The van der Waals surface area contributed by atoms with E-state index in [1.54, 1.807) is 29.2 Å². The molecule has 56 valence electrons. The molecule has 0 aliphatic heterocycles. The Morgan fingerprint density at radius 1 is 1.55 bits per heavy atom. The van der Waals surface area contributed by atoms with Crippen molar-refractivity contribution in [3.63, 3.8) is 0 Å². The SMILES string of the molecule is OCc1cn2cnccc2n1. The van der Waals surface area contributed by atoms with Gasteiger partial charge in [0.15, 0.2) is 0 Å². The Balaban J connectivity index is 2.69. The van der Waals surface area contributed by atoms with Crippen molar-refractivity contribution in [3.8, 4) is 0 Å². The van der Waals surface area contributed by atoms with E-state index in [0.29, 0.717) is 5.69 Å². The predicted octanol–water partition coefficient (Wildman–Crippen LogP) is 0.222. The third-order valence-electron chi connectivity index (χ3n) is 1.47. The van der Waals surface area contributed by atoms with E-state index in [1.807, 2.05) is 0 Å². The minimum absolute atomic E-state index is 0.0261. The van der Waals surface area contributed by atoms with Gasteiger partial charge in [-0.2, -0.15) is 0 Å². The molecule has 4 heteroatoms. The lowest BCUT2D eigenvalue weighted by atomic mass is 10.5. The van der Waals surface area contributed by atoms with Gasteiger partial charge in [-0.15, -0.1) is 0 Å². The molecule has 0 aliphatic rings. The van der Waals surface area contributed by atoms with Gasteiger partial charge in [0.05, 0.1) is 12.3 Å². The van der Waals surface area contributed by atoms with Gasteiger partial charge < -0.3 is 5.11 Å². The fourth-order valence-corrected chi connectivity index (χ4v) is 0.972. The van der Waals surface area contributed by atoms with E-state index in [1.165, 1.54) is 0 Å². The zero-order chi connectivity index (χ0) is 7.68. The Morgan fingerprint density at radius 3 is 3.18 bits per heavy atom. The molecule has 2 aromatic rings. The monoisotopic (exact) mass is 149 g/mol. The van der Waals surface area contributed by atoms with Gasteiger partial charge in [-0.05, 0) is 6.07 Å². The maximum atomic E-state index is 8.74. The van der Waals surface area contributed by atoms with Crippen LogP contribution in [0.3, 0.4) is 0 Å². The number of fused-ring (bicyclic) bond motifs is 1. The number of hydrogen-bond donors (Lipinski definition) is 1. The quantitative estimate of drug-likeness (QED) is 0.631. The molecule has 2 aromatic heterocycles. The van der Waals surface area contributed by atoms with Crippen LogP contribution in [0.2, 0.25) is 0 Å². The molecule has 1 N–H and O–H groups in total. The lowest BCUT2D eigenvalue weighted by Crippen LogP contribution is -1.81.